The van der Waals surface area contributed by atoms with E-state index in [9.17, 15) is 4.79 Å². The zero-order chi connectivity index (χ0) is 20.1. The highest BCUT2D eigenvalue weighted by Gasteiger charge is 2.25. The van der Waals surface area contributed by atoms with Crippen LogP contribution in [0.25, 0.3) is 0 Å². The van der Waals surface area contributed by atoms with Crippen molar-refractivity contribution in [3.63, 3.8) is 0 Å². The highest BCUT2D eigenvalue weighted by Crippen LogP contribution is 2.33. The molecular formula is C23H40O3. The minimum absolute atomic E-state index is 0.131. The van der Waals surface area contributed by atoms with Crippen molar-refractivity contribution in [3.05, 3.63) is 29.3 Å². The van der Waals surface area contributed by atoms with Crippen LogP contribution in [-0.2, 0) is 9.53 Å². The van der Waals surface area contributed by atoms with E-state index in [1.54, 1.807) is 0 Å². The number of hydrogen-bond acceptors (Lipinski definition) is 3. The molecule has 2 rings (SSSR count). The van der Waals surface area contributed by atoms with Crippen molar-refractivity contribution in [1.82, 2.24) is 0 Å². The van der Waals surface area contributed by atoms with Crippen molar-refractivity contribution in [3.8, 4) is 5.75 Å². The Morgan fingerprint density at radius 1 is 1.15 bits per heavy atom. The lowest BCUT2D eigenvalue weighted by molar-refractivity contribution is -0.145. The number of carbonyl (C=O) groups is 1. The minimum Gasteiger partial charge on any atom is -0.493 e. The lowest BCUT2D eigenvalue weighted by atomic mass is 9.89. The average Bonchev–Trinajstić information content (AvgIpc) is 3.47. The average molecular weight is 365 g/mol. The fourth-order valence-corrected chi connectivity index (χ4v) is 2.56. The van der Waals surface area contributed by atoms with Gasteiger partial charge in [-0.2, -0.15) is 0 Å². The molecule has 0 aliphatic heterocycles. The summed E-state index contributed by atoms with van der Waals surface area (Å²) in [5.41, 5.74) is 2.13. The van der Waals surface area contributed by atoms with Gasteiger partial charge < -0.3 is 9.47 Å². The molecule has 0 aromatic heterocycles. The van der Waals surface area contributed by atoms with Crippen molar-refractivity contribution in [1.29, 1.82) is 0 Å². The standard InChI is InChI=1S/C19H28O3.2C2H6/c1-5-21-19(20)17(10-13(2)3)16-9-6-14(4)18(11-16)22-12-15-7-8-15;2*1-2/h6,9,11,13,15,17H,5,7-8,10,12H2,1-4H3;2*1-2H3. The molecule has 1 aliphatic rings. The number of hydrogen-bond donors (Lipinski definition) is 0. The molecule has 1 aliphatic carbocycles. The third-order valence-electron chi connectivity index (χ3n) is 4.06. The summed E-state index contributed by atoms with van der Waals surface area (Å²) < 4.78 is 11.2. The molecule has 0 amide bonds. The molecule has 1 fully saturated rings. The predicted octanol–water partition coefficient (Wildman–Crippen LogP) is 6.53. The number of ether oxygens (including phenoxy) is 2. The van der Waals surface area contributed by atoms with Crippen molar-refractivity contribution in [2.24, 2.45) is 11.8 Å². The van der Waals surface area contributed by atoms with Gasteiger partial charge in [-0.05, 0) is 62.1 Å². The summed E-state index contributed by atoms with van der Waals surface area (Å²) in [6, 6.07) is 6.11. The van der Waals surface area contributed by atoms with E-state index in [-0.39, 0.29) is 11.9 Å². The Balaban J connectivity index is 0.00000146. The second-order valence-corrected chi connectivity index (χ2v) is 6.71. The molecule has 150 valence electrons. The monoisotopic (exact) mass is 364 g/mol. The number of carbonyl (C=O) groups excluding carboxylic acids is 1. The van der Waals surface area contributed by atoms with Crippen LogP contribution in [0.4, 0.5) is 0 Å². The third-order valence-corrected chi connectivity index (χ3v) is 4.06. The minimum atomic E-state index is -0.205. The first-order chi connectivity index (χ1) is 12.5. The maximum atomic E-state index is 12.3. The van der Waals surface area contributed by atoms with Crippen molar-refractivity contribution >= 4 is 5.97 Å². The van der Waals surface area contributed by atoms with E-state index >= 15 is 0 Å². The second-order valence-electron chi connectivity index (χ2n) is 6.71. The fourth-order valence-electron chi connectivity index (χ4n) is 2.56. The van der Waals surface area contributed by atoms with Crippen LogP contribution in [0.3, 0.4) is 0 Å². The summed E-state index contributed by atoms with van der Waals surface area (Å²) in [4.78, 5) is 12.3. The maximum absolute atomic E-state index is 12.3. The first-order valence-electron chi connectivity index (χ1n) is 10.4. The van der Waals surface area contributed by atoms with Crippen molar-refractivity contribution < 1.29 is 14.3 Å². The zero-order valence-electron chi connectivity index (χ0n) is 18.2. The van der Waals surface area contributed by atoms with E-state index < -0.39 is 0 Å². The van der Waals surface area contributed by atoms with Crippen LogP contribution < -0.4 is 4.74 Å². The van der Waals surface area contributed by atoms with Crippen LogP contribution in [0.1, 0.15) is 84.8 Å². The fraction of sp³-hybridized carbons (Fsp3) is 0.696. The van der Waals surface area contributed by atoms with Gasteiger partial charge in [-0.15, -0.1) is 0 Å². The van der Waals surface area contributed by atoms with Gasteiger partial charge in [0.1, 0.15) is 5.75 Å². The van der Waals surface area contributed by atoms with Crippen LogP contribution in [0.5, 0.6) is 5.75 Å². The van der Waals surface area contributed by atoms with Crippen LogP contribution >= 0.6 is 0 Å². The van der Waals surface area contributed by atoms with Crippen LogP contribution in [0.15, 0.2) is 18.2 Å². The molecule has 1 aromatic rings. The van der Waals surface area contributed by atoms with Gasteiger partial charge in [-0.3, -0.25) is 4.79 Å². The number of benzene rings is 1. The number of rotatable bonds is 8. The Morgan fingerprint density at radius 3 is 2.27 bits per heavy atom. The largest absolute Gasteiger partial charge is 0.493 e. The molecule has 0 spiro atoms. The van der Waals surface area contributed by atoms with Crippen molar-refractivity contribution in [2.45, 2.75) is 80.6 Å². The Hall–Kier alpha value is -1.51. The van der Waals surface area contributed by atoms with Gasteiger partial charge in [0.2, 0.25) is 0 Å². The second kappa shape index (κ2) is 13.7. The van der Waals surface area contributed by atoms with Crippen LogP contribution in [-0.4, -0.2) is 19.2 Å². The maximum Gasteiger partial charge on any atom is 0.313 e. The highest BCUT2D eigenvalue weighted by molar-refractivity contribution is 5.78. The van der Waals surface area contributed by atoms with Gasteiger partial charge in [0.25, 0.3) is 0 Å². The molecule has 3 nitrogen and oxygen atoms in total. The zero-order valence-corrected chi connectivity index (χ0v) is 18.2. The summed E-state index contributed by atoms with van der Waals surface area (Å²) in [6.45, 7) is 17.4. The Kier molecular flexibility index (Phi) is 12.9. The summed E-state index contributed by atoms with van der Waals surface area (Å²) in [5, 5.41) is 0. The normalized spacial score (nSPS) is 13.7. The summed E-state index contributed by atoms with van der Waals surface area (Å²) in [7, 11) is 0. The quantitative estimate of drug-likeness (QED) is 0.492. The smallest absolute Gasteiger partial charge is 0.313 e. The molecule has 0 saturated heterocycles. The summed E-state index contributed by atoms with van der Waals surface area (Å²) in [5.74, 6) is 1.73. The topological polar surface area (TPSA) is 35.5 Å². The summed E-state index contributed by atoms with van der Waals surface area (Å²) >= 11 is 0. The highest BCUT2D eigenvalue weighted by atomic mass is 16.5. The van der Waals surface area contributed by atoms with Gasteiger partial charge in [0.05, 0.1) is 19.1 Å². The molecule has 1 saturated carbocycles. The Labute approximate surface area is 161 Å². The van der Waals surface area contributed by atoms with Gasteiger partial charge in [-0.1, -0.05) is 53.7 Å². The van der Waals surface area contributed by atoms with Gasteiger partial charge >= 0.3 is 5.97 Å². The van der Waals surface area contributed by atoms with E-state index in [4.69, 9.17) is 9.47 Å². The molecule has 0 radical (unpaired) electrons. The lowest BCUT2D eigenvalue weighted by Gasteiger charge is -2.19. The summed E-state index contributed by atoms with van der Waals surface area (Å²) in [6.07, 6.45) is 3.35. The molecule has 3 heteroatoms. The third kappa shape index (κ3) is 8.73. The molecule has 26 heavy (non-hydrogen) atoms. The van der Waals surface area contributed by atoms with E-state index in [1.165, 1.54) is 12.8 Å². The number of esters is 1. The Bertz CT molecular complexity index is 504. The van der Waals surface area contributed by atoms with E-state index in [1.807, 2.05) is 59.7 Å². The first-order valence-corrected chi connectivity index (χ1v) is 10.4. The molecular weight excluding hydrogens is 324 g/mol. The SMILES string of the molecule is CC.CC.CCOC(=O)C(CC(C)C)c1ccc(C)c(OCC2CC2)c1. The molecule has 0 bridgehead atoms. The molecule has 0 N–H and O–H groups in total. The molecule has 0 heterocycles. The van der Waals surface area contributed by atoms with Gasteiger partial charge in [0.15, 0.2) is 0 Å². The lowest BCUT2D eigenvalue weighted by Crippen LogP contribution is -2.18. The first kappa shape index (κ1) is 24.5. The van der Waals surface area contributed by atoms with E-state index in [2.05, 4.69) is 13.8 Å². The molecule has 1 unspecified atom stereocenters. The van der Waals surface area contributed by atoms with E-state index in [0.717, 1.165) is 35.8 Å². The number of aryl methyl sites for hydroxylation is 1. The van der Waals surface area contributed by atoms with Crippen molar-refractivity contribution in [2.75, 3.05) is 13.2 Å². The van der Waals surface area contributed by atoms with Gasteiger partial charge in [-0.25, -0.2) is 0 Å². The van der Waals surface area contributed by atoms with E-state index in [0.29, 0.717) is 12.5 Å². The Morgan fingerprint density at radius 2 is 1.77 bits per heavy atom. The molecule has 1 aromatic carbocycles. The van der Waals surface area contributed by atoms with Gasteiger partial charge in [0, 0.05) is 0 Å². The van der Waals surface area contributed by atoms with Crippen LogP contribution in [0, 0.1) is 18.8 Å². The molecule has 1 atom stereocenters. The predicted molar refractivity (Wildman–Crippen MR) is 111 cm³/mol. The van der Waals surface area contributed by atoms with Crippen LogP contribution in [0.2, 0.25) is 0 Å².